The van der Waals surface area contributed by atoms with Crippen LogP contribution < -0.4 is 5.73 Å². The van der Waals surface area contributed by atoms with E-state index in [1.807, 2.05) is 12.1 Å². The Morgan fingerprint density at radius 3 is 2.67 bits per heavy atom. The van der Waals surface area contributed by atoms with Gasteiger partial charge in [0.1, 0.15) is 0 Å². The number of hydrogen-bond donors (Lipinski definition) is 1. The zero-order valence-corrected chi connectivity index (χ0v) is 12.4. The summed E-state index contributed by atoms with van der Waals surface area (Å²) in [6, 6.07) is 6.24. The fourth-order valence-electron chi connectivity index (χ4n) is 2.54. The maximum atomic E-state index is 6.08. The van der Waals surface area contributed by atoms with E-state index in [1.54, 1.807) is 0 Å². The Balaban J connectivity index is 2.12. The summed E-state index contributed by atoms with van der Waals surface area (Å²) in [5.74, 6) is 0. The van der Waals surface area contributed by atoms with Gasteiger partial charge in [-0.15, -0.1) is 0 Å². The predicted molar refractivity (Wildman–Crippen MR) is 78.2 cm³/mol. The first kappa shape index (κ1) is 14.1. The molecule has 2 nitrogen and oxygen atoms in total. The van der Waals surface area contributed by atoms with E-state index in [0.29, 0.717) is 16.1 Å². The van der Waals surface area contributed by atoms with Crippen LogP contribution in [-0.2, 0) is 0 Å². The number of rotatable bonds is 3. The average molecular weight is 287 g/mol. The molecule has 1 fully saturated rings. The predicted octanol–water partition coefficient (Wildman–Crippen LogP) is 3.73. The van der Waals surface area contributed by atoms with Crippen molar-refractivity contribution in [2.45, 2.75) is 26.3 Å². The van der Waals surface area contributed by atoms with Crippen LogP contribution in [-0.4, -0.2) is 24.5 Å². The largest absolute Gasteiger partial charge is 0.330 e. The second-order valence-electron chi connectivity index (χ2n) is 5.58. The highest BCUT2D eigenvalue weighted by Crippen LogP contribution is 2.35. The van der Waals surface area contributed by atoms with E-state index in [4.69, 9.17) is 28.9 Å². The standard InChI is InChI=1S/C14H20Cl2N2/c1-10(11-3-4-12(15)13(16)7-11)18-6-5-14(2,8-17)9-18/h3-4,7,10H,5-6,8-9,17H2,1-2H3. The molecule has 2 N–H and O–H groups in total. The van der Waals surface area contributed by atoms with E-state index < -0.39 is 0 Å². The number of nitrogens with two attached hydrogens (primary N) is 1. The molecule has 18 heavy (non-hydrogen) atoms. The zero-order chi connectivity index (χ0) is 13.3. The van der Waals surface area contributed by atoms with Gasteiger partial charge < -0.3 is 5.73 Å². The van der Waals surface area contributed by atoms with Crippen molar-refractivity contribution in [3.8, 4) is 0 Å². The SMILES string of the molecule is CC(c1ccc(Cl)c(Cl)c1)N1CCC(C)(CN)C1. The Morgan fingerprint density at radius 1 is 1.39 bits per heavy atom. The van der Waals surface area contributed by atoms with Gasteiger partial charge in [0.15, 0.2) is 0 Å². The van der Waals surface area contributed by atoms with E-state index in [9.17, 15) is 0 Å². The van der Waals surface area contributed by atoms with Crippen LogP contribution in [0.4, 0.5) is 0 Å². The van der Waals surface area contributed by atoms with E-state index in [1.165, 1.54) is 5.56 Å². The molecule has 4 heteroatoms. The van der Waals surface area contributed by atoms with Crippen molar-refractivity contribution in [3.63, 3.8) is 0 Å². The third kappa shape index (κ3) is 2.83. The van der Waals surface area contributed by atoms with Gasteiger partial charge in [0.05, 0.1) is 10.0 Å². The molecule has 2 rings (SSSR count). The third-order valence-corrected chi connectivity index (χ3v) is 4.79. The molecule has 0 spiro atoms. The summed E-state index contributed by atoms with van der Waals surface area (Å²) in [6.45, 7) is 7.36. The molecule has 100 valence electrons. The average Bonchev–Trinajstić information content (AvgIpc) is 2.75. The highest BCUT2D eigenvalue weighted by atomic mass is 35.5. The van der Waals surface area contributed by atoms with Gasteiger partial charge in [0, 0.05) is 12.6 Å². The summed E-state index contributed by atoms with van der Waals surface area (Å²) in [7, 11) is 0. The topological polar surface area (TPSA) is 29.3 Å². The maximum absolute atomic E-state index is 6.08. The molecule has 1 heterocycles. The molecule has 2 atom stereocenters. The quantitative estimate of drug-likeness (QED) is 0.918. The van der Waals surface area contributed by atoms with Crippen molar-refractivity contribution in [2.24, 2.45) is 11.1 Å². The first-order valence-electron chi connectivity index (χ1n) is 6.34. The Labute approximate surface area is 119 Å². The van der Waals surface area contributed by atoms with Crippen molar-refractivity contribution in [2.75, 3.05) is 19.6 Å². The summed E-state index contributed by atoms with van der Waals surface area (Å²) in [5, 5.41) is 1.24. The van der Waals surface area contributed by atoms with Gasteiger partial charge in [-0.3, -0.25) is 4.90 Å². The second kappa shape index (κ2) is 5.38. The third-order valence-electron chi connectivity index (χ3n) is 4.05. The van der Waals surface area contributed by atoms with Crippen molar-refractivity contribution in [3.05, 3.63) is 33.8 Å². The van der Waals surface area contributed by atoms with Gasteiger partial charge in [-0.2, -0.15) is 0 Å². The minimum Gasteiger partial charge on any atom is -0.330 e. The highest BCUT2D eigenvalue weighted by Gasteiger charge is 2.34. The van der Waals surface area contributed by atoms with Gasteiger partial charge >= 0.3 is 0 Å². The first-order chi connectivity index (χ1) is 8.45. The first-order valence-corrected chi connectivity index (χ1v) is 7.10. The fourth-order valence-corrected chi connectivity index (χ4v) is 2.85. The summed E-state index contributed by atoms with van der Waals surface area (Å²) < 4.78 is 0. The molecule has 1 aromatic rings. The van der Waals surface area contributed by atoms with Gasteiger partial charge in [0.25, 0.3) is 0 Å². The van der Waals surface area contributed by atoms with Crippen molar-refractivity contribution in [1.82, 2.24) is 4.90 Å². The second-order valence-corrected chi connectivity index (χ2v) is 6.40. The lowest BCUT2D eigenvalue weighted by Crippen LogP contribution is -2.32. The molecule has 2 unspecified atom stereocenters. The molecular weight excluding hydrogens is 267 g/mol. The monoisotopic (exact) mass is 286 g/mol. The van der Waals surface area contributed by atoms with Gasteiger partial charge in [0.2, 0.25) is 0 Å². The number of benzene rings is 1. The van der Waals surface area contributed by atoms with Crippen molar-refractivity contribution >= 4 is 23.2 Å². The number of nitrogens with zero attached hydrogens (tertiary/aromatic N) is 1. The molecule has 1 saturated heterocycles. The zero-order valence-electron chi connectivity index (χ0n) is 10.9. The molecule has 0 saturated carbocycles. The molecule has 0 aliphatic carbocycles. The van der Waals surface area contributed by atoms with Crippen LogP contribution >= 0.6 is 23.2 Å². The Kier molecular flexibility index (Phi) is 4.22. The Morgan fingerprint density at radius 2 is 2.11 bits per heavy atom. The lowest BCUT2D eigenvalue weighted by molar-refractivity contribution is 0.227. The van der Waals surface area contributed by atoms with Crippen LogP contribution in [0.5, 0.6) is 0 Å². The van der Waals surface area contributed by atoms with Crippen LogP contribution in [0.2, 0.25) is 10.0 Å². The molecule has 0 radical (unpaired) electrons. The lowest BCUT2D eigenvalue weighted by Gasteiger charge is -2.27. The summed E-state index contributed by atoms with van der Waals surface area (Å²) >= 11 is 12.0. The minimum absolute atomic E-state index is 0.254. The number of halogens is 2. The molecule has 1 aliphatic rings. The molecule has 1 aliphatic heterocycles. The molecule has 0 amide bonds. The van der Waals surface area contributed by atoms with E-state index in [2.05, 4.69) is 24.8 Å². The smallest absolute Gasteiger partial charge is 0.0595 e. The lowest BCUT2D eigenvalue weighted by atomic mass is 9.90. The molecule has 1 aromatic carbocycles. The summed E-state index contributed by atoms with van der Waals surface area (Å²) in [4.78, 5) is 2.46. The maximum Gasteiger partial charge on any atom is 0.0595 e. The van der Waals surface area contributed by atoms with Crippen LogP contribution in [0.1, 0.15) is 31.9 Å². The van der Waals surface area contributed by atoms with Crippen molar-refractivity contribution < 1.29 is 0 Å². The molecular formula is C14H20Cl2N2. The fraction of sp³-hybridized carbons (Fsp3) is 0.571. The van der Waals surface area contributed by atoms with Crippen LogP contribution in [0, 0.1) is 5.41 Å². The van der Waals surface area contributed by atoms with E-state index in [0.717, 1.165) is 26.1 Å². The van der Waals surface area contributed by atoms with Gasteiger partial charge in [-0.05, 0) is 49.5 Å². The van der Waals surface area contributed by atoms with Crippen LogP contribution in [0.15, 0.2) is 18.2 Å². The van der Waals surface area contributed by atoms with E-state index >= 15 is 0 Å². The minimum atomic E-state index is 0.254. The summed E-state index contributed by atoms with van der Waals surface area (Å²) in [5.41, 5.74) is 7.32. The number of likely N-dealkylation sites (tertiary alicyclic amines) is 1. The number of hydrogen-bond acceptors (Lipinski definition) is 2. The van der Waals surface area contributed by atoms with Gasteiger partial charge in [-0.1, -0.05) is 36.2 Å². The Hall–Kier alpha value is -0.280. The molecule has 0 bridgehead atoms. The van der Waals surface area contributed by atoms with Crippen molar-refractivity contribution in [1.29, 1.82) is 0 Å². The Bertz CT molecular complexity index is 436. The highest BCUT2D eigenvalue weighted by molar-refractivity contribution is 6.42. The van der Waals surface area contributed by atoms with E-state index in [-0.39, 0.29) is 5.41 Å². The van der Waals surface area contributed by atoms with Gasteiger partial charge in [-0.25, -0.2) is 0 Å². The normalized spacial score (nSPS) is 26.5. The molecule has 0 aromatic heterocycles. The van der Waals surface area contributed by atoms with Crippen LogP contribution in [0.25, 0.3) is 0 Å². The summed E-state index contributed by atoms with van der Waals surface area (Å²) in [6.07, 6.45) is 1.16. The van der Waals surface area contributed by atoms with Crippen LogP contribution in [0.3, 0.4) is 0 Å².